The highest BCUT2D eigenvalue weighted by molar-refractivity contribution is 7.99. The van der Waals surface area contributed by atoms with Gasteiger partial charge in [-0.25, -0.2) is 8.42 Å². The molecule has 27 rings (SSSR count). The molecule has 752 valence electrons. The van der Waals surface area contributed by atoms with Gasteiger partial charge in [-0.1, -0.05) is 214 Å². The maximum Gasteiger partial charge on any atom is 0.305 e. The summed E-state index contributed by atoms with van der Waals surface area (Å²) in [5.41, 5.74) is 1.17. The third-order valence-electron chi connectivity index (χ3n) is 26.2. The zero-order valence-electron chi connectivity index (χ0n) is 83.1. The van der Waals surface area contributed by atoms with Crippen molar-refractivity contribution in [3.05, 3.63) is 84.5 Å². The van der Waals surface area contributed by atoms with Crippen molar-refractivity contribution in [3.63, 3.8) is 0 Å². The van der Waals surface area contributed by atoms with Gasteiger partial charge in [-0.3, -0.25) is 29.4 Å². The monoisotopic (exact) mass is 1890 g/mol. The van der Waals surface area contributed by atoms with Crippen molar-refractivity contribution in [3.8, 4) is 5.75 Å². The van der Waals surface area contributed by atoms with Crippen LogP contribution in [0.15, 0.2) is 88.9 Å². The first-order valence-corrected chi connectivity index (χ1v) is 58.5. The van der Waals surface area contributed by atoms with Crippen LogP contribution in [0.2, 0.25) is 0 Å². The number of Topliss-reactive ketones (excluding diaryl/α,β-unsaturated/α-hetero) is 1. The molecule has 6 aliphatic carbocycles. The fraction of sp³-hybridized carbons (Fsp3) is 0.818. The van der Waals surface area contributed by atoms with Crippen LogP contribution in [0.4, 0.5) is 0 Å². The van der Waals surface area contributed by atoms with Gasteiger partial charge in [-0.05, 0) is 279 Å². The van der Waals surface area contributed by atoms with Gasteiger partial charge in [0.2, 0.25) is 0 Å². The smallest absolute Gasteiger partial charge is 0.305 e. The molecular formula is C110H192N6O12S3. The molecule has 21 heteroatoms. The minimum atomic E-state index is -2.62. The van der Waals surface area contributed by atoms with Crippen molar-refractivity contribution >= 4 is 63.8 Å². The van der Waals surface area contributed by atoms with Gasteiger partial charge >= 0.3 is 5.97 Å². The number of piperidine rings is 3. The number of ketones is 1. The molecule has 20 aliphatic heterocycles. The van der Waals surface area contributed by atoms with Crippen molar-refractivity contribution < 1.29 is 55.9 Å². The van der Waals surface area contributed by atoms with Crippen LogP contribution in [0.5, 0.6) is 5.75 Å². The summed E-state index contributed by atoms with van der Waals surface area (Å²) in [6.07, 6.45) is 104. The largest absolute Gasteiger partial charge is 0.489 e. The Morgan fingerprint density at radius 2 is 0.817 bits per heavy atom. The number of nitrogens with zero attached hydrogens (tertiary/aromatic N) is 5. The number of hydrogen-bond acceptors (Lipinski definition) is 20. The standard InChI is InChI=1S/C9H17N.C9H8O.C6H12N2.C6H12O2S.C6H10O.C6H6O.C6H10O.C6H12.C6H10.C5H11N.C5H10O.2C5H10.C5H8.C4H7N.C4H6O2.C4H8O.2C4H8S.C3H5NO.C2H4O/c1-3-7-10-8-4-2-6-9(10)5-1;1-2-6-9-8(4-1)5-3-7-10-9;1-2-8-5-3-7(1)4-6-8;7-9(8)5-3-1-2-4-6-9;2*1-2-6-4-3-5(1)7-6;7-6-4-2-1-3-5-6;4*1-2-4-6-5-3-1;4*1-2-4-5-3-1;5-4-2-1-3-6-4;3*1-2-4-5-3-1;1-2-5-3-4-1;1-2-3-1/h9H,1-8H2;1-6H,7H2;1-6H2;1-6H2;5-6H,1-4H2;1-6H;1-5H2;1-6H2;1-2H,3-6H2;6H,1-5H2;1-5H2;2*1-5H2;1-2H,3-5H2;3H,1-2,4H2;1-3H2;3*1-4H2;3H,1-2H2;1-2H2. The first-order chi connectivity index (χ1) is 64.8. The molecule has 131 heavy (non-hydrogen) atoms. The lowest BCUT2D eigenvalue weighted by molar-refractivity contribution is -0.138. The third kappa shape index (κ3) is 70.6. The number of hydrogen-bond donors (Lipinski definition) is 1. The lowest BCUT2D eigenvalue weighted by atomic mass is 9.93. The highest BCUT2D eigenvalue weighted by atomic mass is 32.2. The Bertz CT molecular complexity index is 2770. The molecule has 6 bridgehead atoms. The minimum Gasteiger partial charge on any atom is -0.489 e. The van der Waals surface area contributed by atoms with E-state index in [4.69, 9.17) is 23.7 Å². The Balaban J connectivity index is 0.000000213. The van der Waals surface area contributed by atoms with Gasteiger partial charge in [-0.2, -0.15) is 23.5 Å². The highest BCUT2D eigenvalue weighted by Gasteiger charge is 2.32. The molecule has 19 fully saturated rings. The van der Waals surface area contributed by atoms with Crippen LogP contribution in [0.1, 0.15) is 378 Å². The van der Waals surface area contributed by atoms with E-state index in [1.54, 1.807) is 0 Å². The normalized spacial score (nSPS) is 26.7. The molecule has 0 amide bonds. The quantitative estimate of drug-likeness (QED) is 0.146. The molecule has 26 aliphatic rings. The molecule has 4 saturated carbocycles. The van der Waals surface area contributed by atoms with E-state index in [1.807, 2.05) is 36.6 Å². The Hall–Kier alpha value is -3.71. The van der Waals surface area contributed by atoms with Crippen molar-refractivity contribution in [2.75, 3.05) is 173 Å². The summed E-state index contributed by atoms with van der Waals surface area (Å²) in [5, 5.41) is 3.28. The average molecular weight is 1890 g/mol. The van der Waals surface area contributed by atoms with Crippen molar-refractivity contribution in [2.24, 2.45) is 9.98 Å². The lowest BCUT2D eigenvalue weighted by Gasteiger charge is -2.41. The van der Waals surface area contributed by atoms with Crippen LogP contribution in [0.3, 0.4) is 0 Å². The second kappa shape index (κ2) is 85.5. The van der Waals surface area contributed by atoms with E-state index >= 15 is 0 Å². The summed E-state index contributed by atoms with van der Waals surface area (Å²) in [4.78, 5) is 36.0. The number of aliphatic imine (C=N–C) groups is 2. The number of allylic oxidation sites excluding steroid dienone is 4. The fourth-order valence-corrected chi connectivity index (χ4v) is 21.4. The van der Waals surface area contributed by atoms with E-state index in [-0.39, 0.29) is 5.97 Å². The number of esters is 1. The van der Waals surface area contributed by atoms with Gasteiger partial charge in [0.1, 0.15) is 34.6 Å². The number of benzene rings is 1. The Labute approximate surface area is 810 Å². The van der Waals surface area contributed by atoms with Crippen LogP contribution in [0.25, 0.3) is 6.08 Å². The number of sulfone groups is 1. The van der Waals surface area contributed by atoms with E-state index in [0.29, 0.717) is 61.3 Å². The molecule has 15 saturated heterocycles. The summed E-state index contributed by atoms with van der Waals surface area (Å²) in [6.45, 7) is 23.2. The van der Waals surface area contributed by atoms with Crippen molar-refractivity contribution in [1.82, 2.24) is 20.0 Å². The van der Waals surface area contributed by atoms with E-state index in [9.17, 15) is 18.0 Å². The maximum atomic E-state index is 10.9. The second-order valence-electron chi connectivity index (χ2n) is 38.0. The molecule has 0 atom stereocenters. The zero-order valence-corrected chi connectivity index (χ0v) is 85.5. The van der Waals surface area contributed by atoms with Gasteiger partial charge in [0.25, 0.3) is 0 Å². The highest BCUT2D eigenvalue weighted by Crippen LogP contribution is 2.34. The third-order valence-corrected chi connectivity index (χ3v) is 30.3. The van der Waals surface area contributed by atoms with Crippen LogP contribution >= 0.6 is 23.5 Å². The van der Waals surface area contributed by atoms with Crippen LogP contribution in [0, 0.1) is 0 Å². The molecule has 1 aromatic carbocycles. The zero-order chi connectivity index (χ0) is 92.0. The van der Waals surface area contributed by atoms with Gasteiger partial charge in [0, 0.05) is 103 Å². The van der Waals surface area contributed by atoms with Gasteiger partial charge < -0.3 is 48.1 Å². The molecule has 1 N–H and O–H groups in total. The summed E-state index contributed by atoms with van der Waals surface area (Å²) < 4.78 is 61.5. The first kappa shape index (κ1) is 116. The molecule has 20 heterocycles. The van der Waals surface area contributed by atoms with E-state index < -0.39 is 9.84 Å². The number of thioether (sulfide) groups is 2. The molecule has 18 nitrogen and oxygen atoms in total. The summed E-state index contributed by atoms with van der Waals surface area (Å²) >= 11 is 4.15. The number of epoxide rings is 1. The molecular weight excluding hydrogens is 1690 g/mol. The topological polar surface area (TPSA) is 192 Å². The van der Waals surface area contributed by atoms with Gasteiger partial charge in [-0.15, -0.1) is 0 Å². The maximum absolute atomic E-state index is 10.9. The van der Waals surface area contributed by atoms with Crippen LogP contribution in [-0.4, -0.2) is 250 Å². The summed E-state index contributed by atoms with van der Waals surface area (Å²) in [7, 11) is -2.62. The number of cyclic esters (lactones) is 1. The Morgan fingerprint density at radius 1 is 0.366 bits per heavy atom. The van der Waals surface area contributed by atoms with Gasteiger partial charge in [0.15, 0.2) is 6.40 Å². The predicted octanol–water partition coefficient (Wildman–Crippen LogP) is 25.5. The number of carbonyl (C=O) groups excluding carboxylic acids is 2. The fourth-order valence-electron chi connectivity index (χ4n) is 17.9. The lowest BCUT2D eigenvalue weighted by Crippen LogP contribution is -2.55. The van der Waals surface area contributed by atoms with E-state index in [1.165, 1.54) is 409 Å². The van der Waals surface area contributed by atoms with Gasteiger partial charge in [0.05, 0.1) is 62.3 Å². The molecule has 0 aromatic heterocycles. The predicted molar refractivity (Wildman–Crippen MR) is 558 cm³/mol. The molecule has 0 radical (unpaired) electrons. The number of piperazine rings is 3. The average Bonchev–Trinajstić information content (AvgIpc) is 1.74. The minimum absolute atomic E-state index is 0.0463. The summed E-state index contributed by atoms with van der Waals surface area (Å²) in [6, 6.07) is 9.02. The van der Waals surface area contributed by atoms with Crippen LogP contribution in [-0.2, 0) is 52.6 Å². The number of rotatable bonds is 0. The summed E-state index contributed by atoms with van der Waals surface area (Å²) in [5.74, 6) is 7.92. The van der Waals surface area contributed by atoms with E-state index in [2.05, 4.69) is 122 Å². The van der Waals surface area contributed by atoms with E-state index in [0.717, 1.165) is 129 Å². The number of ether oxygens (including phenoxy) is 8. The molecule has 0 spiro atoms. The van der Waals surface area contributed by atoms with Crippen molar-refractivity contribution in [2.45, 2.75) is 403 Å². The SMILES string of the molecule is C1=CC2C=CC1O2.C1=CCCC1.C1=CCCCC1.C1=Cc2ccccc2OC1.C1=NCCC1.C1=NCCO1.C1CC2CCC1O2.C1CCCC1.C1CCCC1.C1CCCCC1.C1CCN2CCCCC2C1.C1CCNCC1.C1CCOC1.C1CCOCC1.C1CCSC1.C1CCSC1.C1CN2CCN1CC2.C1CO1.O=C1CCCCC1.O=C1CCCO1.O=S1(=O)CCCCCC1. The Morgan fingerprint density at radius 3 is 1.07 bits per heavy atom. The van der Waals surface area contributed by atoms with Crippen LogP contribution < -0.4 is 10.1 Å². The number of nitrogens with one attached hydrogen (secondary N) is 1. The van der Waals surface area contributed by atoms with Crippen molar-refractivity contribution in [1.29, 1.82) is 0 Å². The first-order valence-electron chi connectivity index (χ1n) is 54.4. The number of fused-ring (bicyclic) bond motifs is 9. The second-order valence-corrected chi connectivity index (χ2v) is 42.7. The number of carbonyl (C=O) groups is 2. The number of para-hydroxylation sites is 1. The Kier molecular flexibility index (Phi) is 75.7. The molecule has 1 aromatic rings. The molecule has 0 unspecified atom stereocenters.